The second kappa shape index (κ2) is 3.70. The highest BCUT2D eigenvalue weighted by molar-refractivity contribution is 5.69. The highest BCUT2D eigenvalue weighted by Crippen LogP contribution is 2.29. The molecule has 1 heterocycles. The summed E-state index contributed by atoms with van der Waals surface area (Å²) in [6.45, 7) is 5.68. The average Bonchev–Trinajstić information content (AvgIpc) is 2.51. The topological polar surface area (TPSA) is 13.1 Å². The Labute approximate surface area is 84.4 Å². The summed E-state index contributed by atoms with van der Waals surface area (Å²) >= 11 is 0. The van der Waals surface area contributed by atoms with Gasteiger partial charge in [0.05, 0.1) is 0 Å². The van der Waals surface area contributed by atoms with Crippen molar-refractivity contribution in [3.8, 4) is 0 Å². The van der Waals surface area contributed by atoms with Gasteiger partial charge in [-0.2, -0.15) is 0 Å². The zero-order valence-corrected chi connectivity index (χ0v) is 8.42. The minimum absolute atomic E-state index is 1.000. The first-order valence-corrected chi connectivity index (χ1v) is 4.91. The second-order valence-corrected chi connectivity index (χ2v) is 3.44. The van der Waals surface area contributed by atoms with Crippen molar-refractivity contribution < 1.29 is 4.42 Å². The van der Waals surface area contributed by atoms with Crippen LogP contribution >= 0.6 is 0 Å². The zero-order valence-electron chi connectivity index (χ0n) is 8.42. The summed E-state index contributed by atoms with van der Waals surface area (Å²) in [5.41, 5.74) is 2.43. The molecule has 1 aliphatic carbocycles. The molecule has 0 spiro atoms. The SMILES string of the molecule is C=C/C=C\c1c(C)oc2c1C=CCC2. The minimum Gasteiger partial charge on any atom is -0.465 e. The van der Waals surface area contributed by atoms with Crippen LogP contribution in [-0.4, -0.2) is 0 Å². The third-order valence-electron chi connectivity index (χ3n) is 2.47. The maximum absolute atomic E-state index is 5.70. The molecule has 0 N–H and O–H groups in total. The lowest BCUT2D eigenvalue weighted by Crippen LogP contribution is -1.89. The Morgan fingerprint density at radius 1 is 1.50 bits per heavy atom. The number of fused-ring (bicyclic) bond motifs is 1. The van der Waals surface area contributed by atoms with Crippen molar-refractivity contribution in [2.24, 2.45) is 0 Å². The van der Waals surface area contributed by atoms with E-state index in [0.29, 0.717) is 0 Å². The Morgan fingerprint density at radius 2 is 2.36 bits per heavy atom. The molecule has 0 bridgehead atoms. The van der Waals surface area contributed by atoms with Crippen molar-refractivity contribution in [1.29, 1.82) is 0 Å². The molecule has 14 heavy (non-hydrogen) atoms. The van der Waals surface area contributed by atoms with E-state index in [4.69, 9.17) is 4.42 Å². The summed E-state index contributed by atoms with van der Waals surface area (Å²) in [4.78, 5) is 0. The normalized spacial score (nSPS) is 14.6. The highest BCUT2D eigenvalue weighted by Gasteiger charge is 2.14. The first kappa shape index (κ1) is 9.07. The minimum atomic E-state index is 1.000. The summed E-state index contributed by atoms with van der Waals surface area (Å²) in [6, 6.07) is 0. The molecule has 0 saturated heterocycles. The van der Waals surface area contributed by atoms with Gasteiger partial charge in [-0.25, -0.2) is 0 Å². The third-order valence-corrected chi connectivity index (χ3v) is 2.47. The van der Waals surface area contributed by atoms with Crippen LogP contribution in [0.25, 0.3) is 12.2 Å². The number of rotatable bonds is 2. The van der Waals surface area contributed by atoms with E-state index in [1.807, 2.05) is 13.0 Å². The van der Waals surface area contributed by atoms with Crippen LogP contribution in [0.1, 0.15) is 29.1 Å². The van der Waals surface area contributed by atoms with E-state index in [2.05, 4.69) is 24.8 Å². The van der Waals surface area contributed by atoms with E-state index in [1.54, 1.807) is 6.08 Å². The monoisotopic (exact) mass is 186 g/mol. The van der Waals surface area contributed by atoms with Gasteiger partial charge in [-0.15, -0.1) is 0 Å². The van der Waals surface area contributed by atoms with Gasteiger partial charge in [0.1, 0.15) is 11.5 Å². The van der Waals surface area contributed by atoms with Crippen molar-refractivity contribution in [1.82, 2.24) is 0 Å². The summed E-state index contributed by atoms with van der Waals surface area (Å²) in [6.07, 6.45) is 12.2. The molecule has 1 aromatic heterocycles. The van der Waals surface area contributed by atoms with E-state index < -0.39 is 0 Å². The average molecular weight is 186 g/mol. The number of furan rings is 1. The molecule has 1 nitrogen and oxygen atoms in total. The smallest absolute Gasteiger partial charge is 0.112 e. The molecule has 0 saturated carbocycles. The molecular formula is C13H14O. The summed E-state index contributed by atoms with van der Waals surface area (Å²) < 4.78 is 5.70. The van der Waals surface area contributed by atoms with Crippen LogP contribution in [-0.2, 0) is 6.42 Å². The Morgan fingerprint density at radius 3 is 3.14 bits per heavy atom. The van der Waals surface area contributed by atoms with Gasteiger partial charge < -0.3 is 4.42 Å². The molecule has 0 fully saturated rings. The molecule has 0 atom stereocenters. The second-order valence-electron chi connectivity index (χ2n) is 3.44. The fourth-order valence-corrected chi connectivity index (χ4v) is 1.79. The van der Waals surface area contributed by atoms with Crippen LogP contribution < -0.4 is 0 Å². The standard InChI is InChI=1S/C13H14O/c1-3-4-7-11-10(2)14-13-9-6-5-8-12(11)13/h3-5,7-8H,1,6,9H2,2H3/b7-4-. The third kappa shape index (κ3) is 1.46. The molecule has 1 heteroatoms. The summed E-state index contributed by atoms with van der Waals surface area (Å²) in [5.74, 6) is 2.12. The molecular weight excluding hydrogens is 172 g/mol. The maximum Gasteiger partial charge on any atom is 0.112 e. The molecule has 0 radical (unpaired) electrons. The Kier molecular flexibility index (Phi) is 2.40. The predicted molar refractivity (Wildman–Crippen MR) is 60.0 cm³/mol. The lowest BCUT2D eigenvalue weighted by Gasteiger charge is -2.02. The molecule has 0 aromatic carbocycles. The van der Waals surface area contributed by atoms with Gasteiger partial charge in [0.2, 0.25) is 0 Å². The van der Waals surface area contributed by atoms with E-state index in [-0.39, 0.29) is 0 Å². The van der Waals surface area contributed by atoms with Crippen LogP contribution in [0.3, 0.4) is 0 Å². The lowest BCUT2D eigenvalue weighted by atomic mass is 10.0. The molecule has 72 valence electrons. The lowest BCUT2D eigenvalue weighted by molar-refractivity contribution is 0.481. The maximum atomic E-state index is 5.70. The largest absolute Gasteiger partial charge is 0.465 e. The van der Waals surface area contributed by atoms with Crippen LogP contribution in [0.2, 0.25) is 0 Å². The quantitative estimate of drug-likeness (QED) is 0.641. The molecule has 0 amide bonds. The van der Waals surface area contributed by atoms with Crippen molar-refractivity contribution in [2.45, 2.75) is 19.8 Å². The van der Waals surface area contributed by atoms with Crippen molar-refractivity contribution in [3.63, 3.8) is 0 Å². The van der Waals surface area contributed by atoms with Gasteiger partial charge in [0, 0.05) is 17.5 Å². The fourth-order valence-electron chi connectivity index (χ4n) is 1.79. The number of allylic oxidation sites excluding steroid dienone is 3. The molecule has 0 unspecified atom stereocenters. The van der Waals surface area contributed by atoms with E-state index in [0.717, 1.165) is 24.4 Å². The summed E-state index contributed by atoms with van der Waals surface area (Å²) in [5, 5.41) is 0. The number of hydrogen-bond acceptors (Lipinski definition) is 1. The van der Waals surface area contributed by atoms with Crippen molar-refractivity contribution >= 4 is 12.2 Å². The van der Waals surface area contributed by atoms with Crippen LogP contribution in [0.4, 0.5) is 0 Å². The first-order chi connectivity index (χ1) is 6.83. The van der Waals surface area contributed by atoms with Gasteiger partial charge in [-0.1, -0.05) is 37.0 Å². The van der Waals surface area contributed by atoms with Gasteiger partial charge in [0.15, 0.2) is 0 Å². The van der Waals surface area contributed by atoms with Crippen LogP contribution in [0, 0.1) is 6.92 Å². The van der Waals surface area contributed by atoms with Crippen molar-refractivity contribution in [3.05, 3.63) is 47.5 Å². The van der Waals surface area contributed by atoms with Crippen molar-refractivity contribution in [2.75, 3.05) is 0 Å². The fraction of sp³-hybridized carbons (Fsp3) is 0.231. The van der Waals surface area contributed by atoms with E-state index in [9.17, 15) is 0 Å². The number of aryl methyl sites for hydroxylation is 2. The highest BCUT2D eigenvalue weighted by atomic mass is 16.3. The van der Waals surface area contributed by atoms with Gasteiger partial charge in [-0.05, 0) is 13.3 Å². The zero-order chi connectivity index (χ0) is 9.97. The van der Waals surface area contributed by atoms with Gasteiger partial charge >= 0.3 is 0 Å². The van der Waals surface area contributed by atoms with Gasteiger partial charge in [0.25, 0.3) is 0 Å². The Balaban J connectivity index is 2.49. The molecule has 0 aliphatic heterocycles. The number of hydrogen-bond donors (Lipinski definition) is 0. The van der Waals surface area contributed by atoms with Crippen LogP contribution in [0.15, 0.2) is 29.2 Å². The van der Waals surface area contributed by atoms with Gasteiger partial charge in [-0.3, -0.25) is 0 Å². The molecule has 1 aromatic rings. The molecule has 1 aliphatic rings. The Bertz CT molecular complexity index is 405. The molecule has 2 rings (SSSR count). The van der Waals surface area contributed by atoms with E-state index in [1.165, 1.54) is 11.1 Å². The van der Waals surface area contributed by atoms with Crippen LogP contribution in [0.5, 0.6) is 0 Å². The summed E-state index contributed by atoms with van der Waals surface area (Å²) in [7, 11) is 0. The Hall–Kier alpha value is -1.50. The first-order valence-electron chi connectivity index (χ1n) is 4.91. The predicted octanol–water partition coefficient (Wildman–Crippen LogP) is 3.75. The van der Waals surface area contributed by atoms with E-state index >= 15 is 0 Å².